The first-order valence-corrected chi connectivity index (χ1v) is 6.27. The van der Waals surface area contributed by atoms with E-state index in [-0.39, 0.29) is 5.82 Å². The number of anilines is 1. The summed E-state index contributed by atoms with van der Waals surface area (Å²) in [6.45, 7) is 2.49. The van der Waals surface area contributed by atoms with E-state index in [2.05, 4.69) is 20.4 Å². The highest BCUT2D eigenvalue weighted by molar-refractivity contribution is 5.41. The molecular weight excluding hydrogens is 257 g/mol. The minimum absolute atomic E-state index is 0.275. The second-order valence-corrected chi connectivity index (χ2v) is 4.45. The fourth-order valence-electron chi connectivity index (χ4n) is 2.00. The summed E-state index contributed by atoms with van der Waals surface area (Å²) in [7, 11) is 0. The van der Waals surface area contributed by atoms with Crippen molar-refractivity contribution in [3.05, 3.63) is 60.1 Å². The maximum absolute atomic E-state index is 13.3. The molecule has 0 aliphatic rings. The van der Waals surface area contributed by atoms with Crippen LogP contribution in [0.15, 0.2) is 42.7 Å². The van der Waals surface area contributed by atoms with Crippen molar-refractivity contribution in [2.45, 2.75) is 13.5 Å². The molecule has 0 bridgehead atoms. The SMILES string of the molecule is Cc1cc(NCc2ncc[nH]2)nn1-c1cccc(F)c1. The number of aromatic nitrogens is 4. The molecule has 0 saturated heterocycles. The Bertz CT molecular complexity index is 702. The monoisotopic (exact) mass is 271 g/mol. The van der Waals surface area contributed by atoms with Crippen LogP contribution < -0.4 is 5.32 Å². The molecule has 1 aromatic carbocycles. The van der Waals surface area contributed by atoms with Gasteiger partial charge in [-0.3, -0.25) is 0 Å². The van der Waals surface area contributed by atoms with Crippen molar-refractivity contribution in [3.63, 3.8) is 0 Å². The molecule has 0 aliphatic carbocycles. The van der Waals surface area contributed by atoms with Crippen LogP contribution in [0.1, 0.15) is 11.5 Å². The topological polar surface area (TPSA) is 58.5 Å². The van der Waals surface area contributed by atoms with Gasteiger partial charge in [0.05, 0.1) is 12.2 Å². The molecular formula is C14H14FN5. The van der Waals surface area contributed by atoms with Crippen molar-refractivity contribution in [3.8, 4) is 5.69 Å². The number of imidazole rings is 1. The van der Waals surface area contributed by atoms with Gasteiger partial charge in [-0.25, -0.2) is 14.1 Å². The van der Waals surface area contributed by atoms with Gasteiger partial charge >= 0.3 is 0 Å². The summed E-state index contributed by atoms with van der Waals surface area (Å²) in [5, 5.41) is 7.59. The molecule has 102 valence electrons. The van der Waals surface area contributed by atoms with E-state index >= 15 is 0 Å². The van der Waals surface area contributed by atoms with Crippen molar-refractivity contribution in [2.75, 3.05) is 5.32 Å². The third kappa shape index (κ3) is 2.54. The van der Waals surface area contributed by atoms with Crippen LogP contribution in [-0.2, 0) is 6.54 Å². The first kappa shape index (κ1) is 12.4. The second-order valence-electron chi connectivity index (χ2n) is 4.45. The highest BCUT2D eigenvalue weighted by atomic mass is 19.1. The smallest absolute Gasteiger partial charge is 0.149 e. The lowest BCUT2D eigenvalue weighted by Crippen LogP contribution is -2.03. The van der Waals surface area contributed by atoms with Crippen molar-refractivity contribution in [1.29, 1.82) is 0 Å². The fraction of sp³-hybridized carbons (Fsp3) is 0.143. The fourth-order valence-corrected chi connectivity index (χ4v) is 2.00. The van der Waals surface area contributed by atoms with Gasteiger partial charge in [-0.05, 0) is 25.1 Å². The van der Waals surface area contributed by atoms with Crippen LogP contribution in [0.25, 0.3) is 5.69 Å². The van der Waals surface area contributed by atoms with Gasteiger partial charge in [0.15, 0.2) is 0 Å². The molecule has 0 fully saturated rings. The van der Waals surface area contributed by atoms with E-state index in [1.54, 1.807) is 23.1 Å². The van der Waals surface area contributed by atoms with Crippen molar-refractivity contribution in [1.82, 2.24) is 19.7 Å². The van der Waals surface area contributed by atoms with Crippen molar-refractivity contribution < 1.29 is 4.39 Å². The van der Waals surface area contributed by atoms with Crippen LogP contribution in [0.5, 0.6) is 0 Å². The van der Waals surface area contributed by atoms with Crippen molar-refractivity contribution in [2.24, 2.45) is 0 Å². The van der Waals surface area contributed by atoms with Gasteiger partial charge in [-0.1, -0.05) is 6.07 Å². The number of hydrogen-bond donors (Lipinski definition) is 2. The number of nitrogens with zero attached hydrogens (tertiary/aromatic N) is 3. The highest BCUT2D eigenvalue weighted by Gasteiger charge is 2.07. The molecule has 0 unspecified atom stereocenters. The molecule has 2 aromatic heterocycles. The van der Waals surface area contributed by atoms with Crippen LogP contribution in [0.4, 0.5) is 10.2 Å². The lowest BCUT2D eigenvalue weighted by atomic mass is 10.3. The molecule has 0 atom stereocenters. The molecule has 0 radical (unpaired) electrons. The zero-order valence-corrected chi connectivity index (χ0v) is 11.0. The van der Waals surface area contributed by atoms with E-state index in [0.29, 0.717) is 12.2 Å². The van der Waals surface area contributed by atoms with Gasteiger partial charge < -0.3 is 10.3 Å². The van der Waals surface area contributed by atoms with E-state index in [1.807, 2.05) is 19.1 Å². The number of aromatic amines is 1. The lowest BCUT2D eigenvalue weighted by molar-refractivity contribution is 0.625. The van der Waals surface area contributed by atoms with Crippen LogP contribution in [0, 0.1) is 12.7 Å². The van der Waals surface area contributed by atoms with Gasteiger partial charge in [0.2, 0.25) is 0 Å². The number of H-pyrrole nitrogens is 1. The van der Waals surface area contributed by atoms with Gasteiger partial charge in [-0.2, -0.15) is 5.10 Å². The second kappa shape index (κ2) is 5.16. The third-order valence-electron chi connectivity index (χ3n) is 2.93. The highest BCUT2D eigenvalue weighted by Crippen LogP contribution is 2.16. The molecule has 2 heterocycles. The molecule has 0 amide bonds. The Morgan fingerprint density at radius 1 is 1.35 bits per heavy atom. The molecule has 20 heavy (non-hydrogen) atoms. The Morgan fingerprint density at radius 3 is 3.00 bits per heavy atom. The summed E-state index contributed by atoms with van der Waals surface area (Å²) in [5.41, 5.74) is 1.63. The molecule has 3 rings (SSSR count). The van der Waals surface area contributed by atoms with Crippen LogP contribution in [-0.4, -0.2) is 19.7 Å². The standard InChI is InChI=1S/C14H14FN5/c1-10-7-13(18-9-14-16-5-6-17-14)19-20(10)12-4-2-3-11(15)8-12/h2-8H,9H2,1H3,(H,16,17)(H,18,19). The van der Waals surface area contributed by atoms with E-state index in [9.17, 15) is 4.39 Å². The zero-order valence-electron chi connectivity index (χ0n) is 11.0. The van der Waals surface area contributed by atoms with Crippen molar-refractivity contribution >= 4 is 5.82 Å². The number of rotatable bonds is 4. The first-order valence-electron chi connectivity index (χ1n) is 6.27. The summed E-state index contributed by atoms with van der Waals surface area (Å²) in [6, 6.07) is 8.27. The number of benzene rings is 1. The normalized spacial score (nSPS) is 10.7. The Labute approximate surface area is 115 Å². The largest absolute Gasteiger partial charge is 0.361 e. The molecule has 5 nitrogen and oxygen atoms in total. The van der Waals surface area contributed by atoms with E-state index in [4.69, 9.17) is 0 Å². The maximum Gasteiger partial charge on any atom is 0.149 e. The summed E-state index contributed by atoms with van der Waals surface area (Å²) in [6.07, 6.45) is 3.47. The quantitative estimate of drug-likeness (QED) is 0.767. The Morgan fingerprint density at radius 2 is 2.25 bits per heavy atom. The minimum atomic E-state index is -0.275. The number of hydrogen-bond acceptors (Lipinski definition) is 3. The number of aryl methyl sites for hydroxylation is 1. The molecule has 3 aromatic rings. The molecule has 2 N–H and O–H groups in total. The number of halogens is 1. The van der Waals surface area contributed by atoms with Gasteiger partial charge in [0.25, 0.3) is 0 Å². The average molecular weight is 271 g/mol. The molecule has 6 heteroatoms. The maximum atomic E-state index is 13.3. The predicted octanol–water partition coefficient (Wildman–Crippen LogP) is 2.66. The van der Waals surface area contributed by atoms with E-state index in [1.165, 1.54) is 12.1 Å². The van der Waals surface area contributed by atoms with Gasteiger partial charge in [0, 0.05) is 24.2 Å². The average Bonchev–Trinajstić information content (AvgIpc) is 3.05. The Balaban J connectivity index is 1.80. The predicted molar refractivity (Wildman–Crippen MR) is 74.2 cm³/mol. The Kier molecular flexibility index (Phi) is 3.20. The van der Waals surface area contributed by atoms with Gasteiger partial charge in [-0.15, -0.1) is 0 Å². The van der Waals surface area contributed by atoms with Crippen LogP contribution in [0.2, 0.25) is 0 Å². The van der Waals surface area contributed by atoms with Crippen LogP contribution in [0.3, 0.4) is 0 Å². The number of nitrogens with one attached hydrogen (secondary N) is 2. The summed E-state index contributed by atoms with van der Waals surface area (Å²) < 4.78 is 15.0. The van der Waals surface area contributed by atoms with E-state index in [0.717, 1.165) is 17.3 Å². The summed E-state index contributed by atoms with van der Waals surface area (Å²) in [4.78, 5) is 7.14. The molecule has 0 saturated carbocycles. The first-order chi connectivity index (χ1) is 9.72. The van der Waals surface area contributed by atoms with Crippen LogP contribution >= 0.6 is 0 Å². The summed E-state index contributed by atoms with van der Waals surface area (Å²) >= 11 is 0. The van der Waals surface area contributed by atoms with E-state index < -0.39 is 0 Å². The molecule has 0 aliphatic heterocycles. The molecule has 0 spiro atoms. The zero-order chi connectivity index (χ0) is 13.9. The minimum Gasteiger partial charge on any atom is -0.361 e. The lowest BCUT2D eigenvalue weighted by Gasteiger charge is -2.04. The summed E-state index contributed by atoms with van der Waals surface area (Å²) in [5.74, 6) is 1.29. The Hall–Kier alpha value is -2.63. The van der Waals surface area contributed by atoms with Gasteiger partial charge in [0.1, 0.15) is 17.5 Å². The third-order valence-corrected chi connectivity index (χ3v) is 2.93.